The molecule has 2 aliphatic rings. The number of piperidine rings is 1. The van der Waals surface area contributed by atoms with E-state index in [9.17, 15) is 4.79 Å². The van der Waals surface area contributed by atoms with Crippen molar-refractivity contribution in [2.24, 2.45) is 5.41 Å². The highest BCUT2D eigenvalue weighted by atomic mass is 16.6. The predicted octanol–water partition coefficient (Wildman–Crippen LogP) is 3.40. The maximum Gasteiger partial charge on any atom is 0.410 e. The zero-order valence-corrected chi connectivity index (χ0v) is 14.7. The lowest BCUT2D eigenvalue weighted by Crippen LogP contribution is -2.61. The van der Waals surface area contributed by atoms with Crippen LogP contribution in [0.4, 0.5) is 10.5 Å². The summed E-state index contributed by atoms with van der Waals surface area (Å²) in [7, 11) is 0. The van der Waals surface area contributed by atoms with Crippen LogP contribution < -0.4 is 4.90 Å². The molecule has 0 aliphatic carbocycles. The van der Waals surface area contributed by atoms with Crippen molar-refractivity contribution in [3.8, 4) is 6.07 Å². The second kappa shape index (κ2) is 6.01. The number of amides is 1. The summed E-state index contributed by atoms with van der Waals surface area (Å²) in [6.07, 6.45) is 1.86. The Balaban J connectivity index is 1.51. The van der Waals surface area contributed by atoms with E-state index in [2.05, 4.69) is 11.0 Å². The molecule has 2 aliphatic heterocycles. The number of likely N-dealkylation sites (tertiary alicyclic amines) is 1. The van der Waals surface area contributed by atoms with Crippen molar-refractivity contribution in [2.45, 2.75) is 39.2 Å². The minimum atomic E-state index is -0.435. The van der Waals surface area contributed by atoms with Crippen LogP contribution in [-0.2, 0) is 4.74 Å². The smallest absolute Gasteiger partial charge is 0.410 e. The van der Waals surface area contributed by atoms with E-state index in [1.165, 1.54) is 5.69 Å². The highest BCUT2D eigenvalue weighted by Gasteiger charge is 2.45. The minimum Gasteiger partial charge on any atom is -0.444 e. The average molecular weight is 327 g/mol. The van der Waals surface area contributed by atoms with Crippen molar-refractivity contribution in [2.75, 3.05) is 31.1 Å². The normalized spacial score (nSPS) is 19.6. The third-order valence-electron chi connectivity index (χ3n) is 4.89. The highest BCUT2D eigenvalue weighted by molar-refractivity contribution is 5.68. The number of hydrogen-bond donors (Lipinski definition) is 0. The van der Waals surface area contributed by atoms with Crippen LogP contribution in [0.3, 0.4) is 0 Å². The molecule has 5 nitrogen and oxygen atoms in total. The molecule has 0 N–H and O–H groups in total. The van der Waals surface area contributed by atoms with Crippen LogP contribution in [-0.4, -0.2) is 42.8 Å². The third-order valence-corrected chi connectivity index (χ3v) is 4.89. The summed E-state index contributed by atoms with van der Waals surface area (Å²) in [4.78, 5) is 16.3. The van der Waals surface area contributed by atoms with Crippen molar-refractivity contribution in [1.82, 2.24) is 4.90 Å². The average Bonchev–Trinajstić information content (AvgIpc) is 2.51. The van der Waals surface area contributed by atoms with E-state index < -0.39 is 5.60 Å². The first-order valence-corrected chi connectivity index (χ1v) is 8.53. The lowest BCUT2D eigenvalue weighted by molar-refractivity contribution is 0.00598. The Labute approximate surface area is 143 Å². The molecule has 2 saturated heterocycles. The number of nitriles is 1. The van der Waals surface area contributed by atoms with E-state index >= 15 is 0 Å². The van der Waals surface area contributed by atoms with Crippen LogP contribution >= 0.6 is 0 Å². The zero-order valence-electron chi connectivity index (χ0n) is 14.7. The van der Waals surface area contributed by atoms with Gasteiger partial charge in [-0.2, -0.15) is 5.26 Å². The van der Waals surface area contributed by atoms with Gasteiger partial charge < -0.3 is 14.5 Å². The summed E-state index contributed by atoms with van der Waals surface area (Å²) < 4.78 is 5.46. The van der Waals surface area contributed by atoms with Crippen LogP contribution in [0, 0.1) is 16.7 Å². The Morgan fingerprint density at radius 3 is 2.25 bits per heavy atom. The van der Waals surface area contributed by atoms with Gasteiger partial charge in [0.1, 0.15) is 5.60 Å². The second-order valence-electron chi connectivity index (χ2n) is 7.98. The molecule has 1 amide bonds. The van der Waals surface area contributed by atoms with Gasteiger partial charge in [0.05, 0.1) is 11.6 Å². The summed E-state index contributed by atoms with van der Waals surface area (Å²) in [6, 6.07) is 9.91. The molecule has 1 aromatic rings. The fourth-order valence-corrected chi connectivity index (χ4v) is 3.50. The molecule has 0 bridgehead atoms. The number of hydrogen-bond acceptors (Lipinski definition) is 4. The van der Waals surface area contributed by atoms with Gasteiger partial charge in [0.25, 0.3) is 0 Å². The van der Waals surface area contributed by atoms with E-state index in [0.29, 0.717) is 11.0 Å². The van der Waals surface area contributed by atoms with E-state index in [1.54, 1.807) is 0 Å². The fraction of sp³-hybridized carbons (Fsp3) is 0.579. The molecule has 0 aromatic heterocycles. The molecular formula is C19H25N3O2. The van der Waals surface area contributed by atoms with Crippen molar-refractivity contribution in [3.05, 3.63) is 29.8 Å². The molecule has 24 heavy (non-hydrogen) atoms. The second-order valence-corrected chi connectivity index (χ2v) is 7.98. The summed E-state index contributed by atoms with van der Waals surface area (Å²) in [5, 5.41) is 8.87. The maximum atomic E-state index is 12.1. The van der Waals surface area contributed by atoms with Gasteiger partial charge in [0.15, 0.2) is 0 Å². The molecule has 1 aromatic carbocycles. The van der Waals surface area contributed by atoms with Gasteiger partial charge in [-0.25, -0.2) is 4.79 Å². The molecule has 0 atom stereocenters. The molecule has 2 heterocycles. The monoisotopic (exact) mass is 327 g/mol. The number of carbonyl (C=O) groups is 1. The van der Waals surface area contributed by atoms with Crippen molar-refractivity contribution in [3.63, 3.8) is 0 Å². The van der Waals surface area contributed by atoms with Crippen LogP contribution in [0.2, 0.25) is 0 Å². The largest absolute Gasteiger partial charge is 0.444 e. The van der Waals surface area contributed by atoms with E-state index in [1.807, 2.05) is 49.9 Å². The van der Waals surface area contributed by atoms with E-state index in [0.717, 1.165) is 39.0 Å². The molecule has 3 rings (SSSR count). The van der Waals surface area contributed by atoms with Crippen molar-refractivity contribution < 1.29 is 9.53 Å². The molecular weight excluding hydrogens is 302 g/mol. The first kappa shape index (κ1) is 16.6. The fourth-order valence-electron chi connectivity index (χ4n) is 3.50. The van der Waals surface area contributed by atoms with Gasteiger partial charge in [0, 0.05) is 37.3 Å². The number of benzene rings is 1. The van der Waals surface area contributed by atoms with Gasteiger partial charge >= 0.3 is 6.09 Å². The Morgan fingerprint density at radius 2 is 1.75 bits per heavy atom. The van der Waals surface area contributed by atoms with Gasteiger partial charge in [-0.05, 0) is 57.9 Å². The molecule has 2 fully saturated rings. The molecule has 0 saturated carbocycles. The first-order valence-electron chi connectivity index (χ1n) is 8.53. The number of anilines is 1. The SMILES string of the molecule is CC(C)(C)OC(=O)N1CCC2(CC1)CN(c1ccc(C#N)cc1)C2. The summed E-state index contributed by atoms with van der Waals surface area (Å²) in [5.41, 5.74) is 1.76. The van der Waals surface area contributed by atoms with Crippen LogP contribution in [0.5, 0.6) is 0 Å². The molecule has 0 radical (unpaired) electrons. The van der Waals surface area contributed by atoms with Gasteiger partial charge in [-0.15, -0.1) is 0 Å². The summed E-state index contributed by atoms with van der Waals surface area (Å²) in [5.74, 6) is 0. The lowest BCUT2D eigenvalue weighted by atomic mass is 9.72. The summed E-state index contributed by atoms with van der Waals surface area (Å²) >= 11 is 0. The highest BCUT2D eigenvalue weighted by Crippen LogP contribution is 2.42. The third kappa shape index (κ3) is 3.48. The minimum absolute atomic E-state index is 0.194. The van der Waals surface area contributed by atoms with Gasteiger partial charge in [-0.3, -0.25) is 0 Å². The molecule has 128 valence electrons. The van der Waals surface area contributed by atoms with Crippen LogP contribution in [0.25, 0.3) is 0 Å². The Hall–Kier alpha value is -2.22. The van der Waals surface area contributed by atoms with E-state index in [-0.39, 0.29) is 6.09 Å². The molecule has 1 spiro atoms. The summed E-state index contributed by atoms with van der Waals surface area (Å²) in [6.45, 7) is 9.31. The van der Waals surface area contributed by atoms with Gasteiger partial charge in [-0.1, -0.05) is 0 Å². The Kier molecular flexibility index (Phi) is 4.16. The van der Waals surface area contributed by atoms with Crippen LogP contribution in [0.1, 0.15) is 39.2 Å². The number of rotatable bonds is 1. The predicted molar refractivity (Wildman–Crippen MR) is 92.8 cm³/mol. The van der Waals surface area contributed by atoms with Crippen molar-refractivity contribution in [1.29, 1.82) is 5.26 Å². The Bertz CT molecular complexity index is 639. The number of carbonyl (C=O) groups excluding carboxylic acids is 1. The molecule has 5 heteroatoms. The Morgan fingerprint density at radius 1 is 1.17 bits per heavy atom. The number of nitrogens with zero attached hydrogens (tertiary/aromatic N) is 3. The zero-order chi connectivity index (χ0) is 17.4. The standard InChI is InChI=1S/C19H25N3O2/c1-18(2,3)24-17(23)21-10-8-19(9-11-21)13-22(14-19)16-6-4-15(12-20)5-7-16/h4-7H,8-11,13-14H2,1-3H3. The maximum absolute atomic E-state index is 12.1. The first-order chi connectivity index (χ1) is 11.3. The van der Waals surface area contributed by atoms with E-state index in [4.69, 9.17) is 10.00 Å². The van der Waals surface area contributed by atoms with Gasteiger partial charge in [0.2, 0.25) is 0 Å². The topological polar surface area (TPSA) is 56.6 Å². The van der Waals surface area contributed by atoms with Crippen LogP contribution in [0.15, 0.2) is 24.3 Å². The number of ether oxygens (including phenoxy) is 1. The van der Waals surface area contributed by atoms with Crippen molar-refractivity contribution >= 4 is 11.8 Å². The quantitative estimate of drug-likeness (QED) is 0.793. The lowest BCUT2D eigenvalue weighted by Gasteiger charge is -2.55. The molecule has 0 unspecified atom stereocenters.